The Morgan fingerprint density at radius 1 is 1.42 bits per heavy atom. The first-order valence-electron chi connectivity index (χ1n) is 4.55. The quantitative estimate of drug-likeness (QED) is 0.661. The second-order valence-corrected chi connectivity index (χ2v) is 3.56. The Bertz CT molecular complexity index is 145. The smallest absolute Gasteiger partial charge is 0.237 e. The van der Waals surface area contributed by atoms with E-state index >= 15 is 0 Å². The summed E-state index contributed by atoms with van der Waals surface area (Å²) in [7, 11) is 0. The first kappa shape index (κ1) is 11.4. The van der Waals surface area contributed by atoms with Crippen LogP contribution in [0.25, 0.3) is 0 Å². The van der Waals surface area contributed by atoms with Gasteiger partial charge < -0.3 is 11.1 Å². The van der Waals surface area contributed by atoms with Crippen LogP contribution in [0.4, 0.5) is 0 Å². The Morgan fingerprint density at radius 2 is 1.92 bits per heavy atom. The van der Waals surface area contributed by atoms with E-state index in [4.69, 9.17) is 5.73 Å². The molecule has 0 aliphatic carbocycles. The van der Waals surface area contributed by atoms with Crippen LogP contribution in [0.15, 0.2) is 0 Å². The second-order valence-electron chi connectivity index (χ2n) is 3.56. The molecule has 1 amide bonds. The number of carbonyl (C=O) groups is 1. The van der Waals surface area contributed by atoms with Crippen molar-refractivity contribution in [3.63, 3.8) is 0 Å². The van der Waals surface area contributed by atoms with Crippen LogP contribution in [0.1, 0.15) is 34.1 Å². The fraction of sp³-hybridized carbons (Fsp3) is 0.889. The third kappa shape index (κ3) is 3.72. The molecule has 0 fully saturated rings. The van der Waals surface area contributed by atoms with Gasteiger partial charge in [-0.15, -0.1) is 0 Å². The van der Waals surface area contributed by atoms with Crippen LogP contribution in [-0.4, -0.2) is 18.0 Å². The summed E-state index contributed by atoms with van der Waals surface area (Å²) < 4.78 is 0. The predicted molar refractivity (Wildman–Crippen MR) is 50.7 cm³/mol. The summed E-state index contributed by atoms with van der Waals surface area (Å²) in [5, 5.41) is 2.87. The topological polar surface area (TPSA) is 55.1 Å². The standard InChI is InChI=1S/C9H20N2O/c1-5-8(10)9(12)11-7(4)6(2)3/h6-8H,5,10H2,1-4H3,(H,11,12)/t7?,8-/m1/s1. The lowest BCUT2D eigenvalue weighted by atomic mass is 10.1. The summed E-state index contributed by atoms with van der Waals surface area (Å²) >= 11 is 0. The minimum atomic E-state index is -0.355. The van der Waals surface area contributed by atoms with Gasteiger partial charge in [0.15, 0.2) is 0 Å². The lowest BCUT2D eigenvalue weighted by Gasteiger charge is -2.19. The van der Waals surface area contributed by atoms with Crippen molar-refractivity contribution < 1.29 is 4.79 Å². The zero-order valence-corrected chi connectivity index (χ0v) is 8.42. The third-order valence-corrected chi connectivity index (χ3v) is 2.15. The molecule has 0 aromatic rings. The summed E-state index contributed by atoms with van der Waals surface area (Å²) in [6, 6.07) is -0.152. The van der Waals surface area contributed by atoms with E-state index in [1.54, 1.807) is 0 Å². The van der Waals surface area contributed by atoms with E-state index in [-0.39, 0.29) is 18.0 Å². The van der Waals surface area contributed by atoms with Gasteiger partial charge in [-0.1, -0.05) is 20.8 Å². The normalized spacial score (nSPS) is 15.8. The molecular weight excluding hydrogens is 152 g/mol. The third-order valence-electron chi connectivity index (χ3n) is 2.15. The summed E-state index contributed by atoms with van der Waals surface area (Å²) in [5.41, 5.74) is 5.55. The Balaban J connectivity index is 3.84. The Hall–Kier alpha value is -0.570. The number of amides is 1. The number of hydrogen-bond donors (Lipinski definition) is 2. The highest BCUT2D eigenvalue weighted by atomic mass is 16.2. The molecule has 1 unspecified atom stereocenters. The van der Waals surface area contributed by atoms with Crippen LogP contribution in [0.2, 0.25) is 0 Å². The molecule has 12 heavy (non-hydrogen) atoms. The maximum absolute atomic E-state index is 11.3. The van der Waals surface area contributed by atoms with Gasteiger partial charge >= 0.3 is 0 Å². The van der Waals surface area contributed by atoms with E-state index in [0.29, 0.717) is 12.3 Å². The molecule has 3 N–H and O–H groups in total. The molecule has 0 aromatic carbocycles. The van der Waals surface area contributed by atoms with Gasteiger partial charge in [-0.3, -0.25) is 4.79 Å². The van der Waals surface area contributed by atoms with Gasteiger partial charge in [0.25, 0.3) is 0 Å². The summed E-state index contributed by atoms with van der Waals surface area (Å²) in [5.74, 6) is 0.414. The van der Waals surface area contributed by atoms with Gasteiger partial charge in [0.1, 0.15) is 0 Å². The number of hydrogen-bond acceptors (Lipinski definition) is 2. The summed E-state index contributed by atoms with van der Waals surface area (Å²) in [6.45, 7) is 8.04. The van der Waals surface area contributed by atoms with E-state index in [2.05, 4.69) is 19.2 Å². The van der Waals surface area contributed by atoms with Crippen LogP contribution in [0.5, 0.6) is 0 Å². The molecule has 72 valence electrons. The maximum atomic E-state index is 11.3. The van der Waals surface area contributed by atoms with Crippen LogP contribution in [0, 0.1) is 5.92 Å². The summed E-state index contributed by atoms with van der Waals surface area (Å²) in [4.78, 5) is 11.3. The van der Waals surface area contributed by atoms with Crippen molar-refractivity contribution in [2.45, 2.75) is 46.2 Å². The van der Waals surface area contributed by atoms with Crippen molar-refractivity contribution in [1.82, 2.24) is 5.32 Å². The molecule has 0 heterocycles. The van der Waals surface area contributed by atoms with Crippen molar-refractivity contribution >= 4 is 5.91 Å². The van der Waals surface area contributed by atoms with Gasteiger partial charge in [0.05, 0.1) is 6.04 Å². The highest BCUT2D eigenvalue weighted by Gasteiger charge is 2.15. The lowest BCUT2D eigenvalue weighted by molar-refractivity contribution is -0.123. The molecule has 0 aliphatic rings. The fourth-order valence-corrected chi connectivity index (χ4v) is 0.683. The SMILES string of the molecule is CC[C@@H](N)C(=O)NC(C)C(C)C. The Kier molecular flexibility index (Phi) is 4.90. The van der Waals surface area contributed by atoms with E-state index in [0.717, 1.165) is 0 Å². The first-order chi connectivity index (χ1) is 5.49. The molecule has 0 spiro atoms. The van der Waals surface area contributed by atoms with Crippen molar-refractivity contribution in [2.24, 2.45) is 11.7 Å². The lowest BCUT2D eigenvalue weighted by Crippen LogP contribution is -2.45. The Labute approximate surface area is 74.7 Å². The molecule has 3 nitrogen and oxygen atoms in total. The summed E-state index contributed by atoms with van der Waals surface area (Å²) in [6.07, 6.45) is 0.691. The van der Waals surface area contributed by atoms with E-state index in [1.807, 2.05) is 13.8 Å². The molecule has 0 saturated heterocycles. The van der Waals surface area contributed by atoms with E-state index in [9.17, 15) is 4.79 Å². The van der Waals surface area contributed by atoms with Gasteiger partial charge in [0, 0.05) is 6.04 Å². The molecule has 0 aromatic heterocycles. The number of nitrogens with two attached hydrogens (primary N) is 1. The van der Waals surface area contributed by atoms with Crippen molar-refractivity contribution in [2.75, 3.05) is 0 Å². The Morgan fingerprint density at radius 3 is 2.25 bits per heavy atom. The van der Waals surface area contributed by atoms with Gasteiger partial charge in [-0.05, 0) is 19.3 Å². The molecule has 0 rings (SSSR count). The molecular formula is C9H20N2O. The van der Waals surface area contributed by atoms with Gasteiger partial charge in [0.2, 0.25) is 5.91 Å². The van der Waals surface area contributed by atoms with Crippen LogP contribution in [-0.2, 0) is 4.79 Å². The minimum Gasteiger partial charge on any atom is -0.352 e. The molecule has 0 bridgehead atoms. The van der Waals surface area contributed by atoms with Gasteiger partial charge in [-0.2, -0.15) is 0 Å². The molecule has 0 aliphatic heterocycles. The maximum Gasteiger partial charge on any atom is 0.237 e. The zero-order chi connectivity index (χ0) is 9.72. The second kappa shape index (κ2) is 5.14. The van der Waals surface area contributed by atoms with E-state index in [1.165, 1.54) is 0 Å². The monoisotopic (exact) mass is 172 g/mol. The van der Waals surface area contributed by atoms with Crippen molar-refractivity contribution in [3.8, 4) is 0 Å². The van der Waals surface area contributed by atoms with Gasteiger partial charge in [-0.25, -0.2) is 0 Å². The number of carbonyl (C=O) groups excluding carboxylic acids is 1. The van der Waals surface area contributed by atoms with Crippen molar-refractivity contribution in [1.29, 1.82) is 0 Å². The highest BCUT2D eigenvalue weighted by molar-refractivity contribution is 5.81. The van der Waals surface area contributed by atoms with Crippen LogP contribution >= 0.6 is 0 Å². The largest absolute Gasteiger partial charge is 0.352 e. The van der Waals surface area contributed by atoms with Crippen LogP contribution in [0.3, 0.4) is 0 Å². The van der Waals surface area contributed by atoms with Crippen molar-refractivity contribution in [3.05, 3.63) is 0 Å². The average molecular weight is 172 g/mol. The molecule has 0 radical (unpaired) electrons. The highest BCUT2D eigenvalue weighted by Crippen LogP contribution is 2.00. The van der Waals surface area contributed by atoms with E-state index < -0.39 is 0 Å². The fourth-order valence-electron chi connectivity index (χ4n) is 0.683. The molecule has 2 atom stereocenters. The molecule has 0 saturated carbocycles. The van der Waals surface area contributed by atoms with Crippen LogP contribution < -0.4 is 11.1 Å². The first-order valence-corrected chi connectivity index (χ1v) is 4.55. The number of nitrogens with one attached hydrogen (secondary N) is 1. The molecule has 3 heteroatoms. The number of rotatable bonds is 4. The average Bonchev–Trinajstić information content (AvgIpc) is 2.02. The predicted octanol–water partition coefficient (Wildman–Crippen LogP) is 0.884. The zero-order valence-electron chi connectivity index (χ0n) is 8.42. The minimum absolute atomic E-state index is 0.0429.